The van der Waals surface area contributed by atoms with E-state index in [-0.39, 0.29) is 6.03 Å². The summed E-state index contributed by atoms with van der Waals surface area (Å²) < 4.78 is 0. The van der Waals surface area contributed by atoms with E-state index in [1.54, 1.807) is 18.8 Å². The maximum Gasteiger partial charge on any atom is 0.326 e. The van der Waals surface area contributed by atoms with Gasteiger partial charge >= 0.3 is 12.0 Å². The Balaban J connectivity index is 2.56. The summed E-state index contributed by atoms with van der Waals surface area (Å²) in [5.41, 5.74) is 2.17. The summed E-state index contributed by atoms with van der Waals surface area (Å²) in [6.45, 7) is 2.45. The normalized spacial score (nSPS) is 11.8. The molecular formula is C15H22N2O3S. The van der Waals surface area contributed by atoms with Gasteiger partial charge < -0.3 is 15.3 Å². The summed E-state index contributed by atoms with van der Waals surface area (Å²) in [7, 11) is 1.66. The van der Waals surface area contributed by atoms with Crippen LogP contribution in [0.4, 0.5) is 4.79 Å². The average Bonchev–Trinajstić information content (AvgIpc) is 2.45. The quantitative estimate of drug-likeness (QED) is 0.811. The molecule has 0 fully saturated rings. The first kappa shape index (κ1) is 17.4. The molecule has 0 saturated heterocycles. The lowest BCUT2D eigenvalue weighted by Gasteiger charge is -2.21. The fourth-order valence-corrected chi connectivity index (χ4v) is 2.26. The molecule has 2 amide bonds. The van der Waals surface area contributed by atoms with Crippen LogP contribution < -0.4 is 5.32 Å². The van der Waals surface area contributed by atoms with Crippen LogP contribution in [-0.4, -0.2) is 47.1 Å². The smallest absolute Gasteiger partial charge is 0.326 e. The van der Waals surface area contributed by atoms with Crippen molar-refractivity contribution in [2.45, 2.75) is 25.9 Å². The first-order valence-corrected chi connectivity index (χ1v) is 8.12. The number of carbonyl (C=O) groups is 2. The summed E-state index contributed by atoms with van der Waals surface area (Å²) in [5, 5.41) is 11.7. The maximum absolute atomic E-state index is 12.0. The molecule has 0 spiro atoms. The zero-order valence-corrected chi connectivity index (χ0v) is 13.4. The van der Waals surface area contributed by atoms with Gasteiger partial charge in [0.05, 0.1) is 0 Å². The third-order valence-corrected chi connectivity index (χ3v) is 3.74. The molecule has 1 rings (SSSR count). The minimum Gasteiger partial charge on any atom is -0.480 e. The number of hydrogen-bond donors (Lipinski definition) is 2. The van der Waals surface area contributed by atoms with E-state index in [9.17, 15) is 9.59 Å². The number of aryl methyl sites for hydroxylation is 1. The highest BCUT2D eigenvalue weighted by atomic mass is 32.2. The molecule has 0 radical (unpaired) electrons. The van der Waals surface area contributed by atoms with Gasteiger partial charge in [0.1, 0.15) is 6.04 Å². The van der Waals surface area contributed by atoms with Crippen molar-refractivity contribution >= 4 is 23.8 Å². The van der Waals surface area contributed by atoms with Crippen LogP contribution in [0.15, 0.2) is 24.3 Å². The van der Waals surface area contributed by atoms with E-state index >= 15 is 0 Å². The Morgan fingerprint density at radius 2 is 1.95 bits per heavy atom. The van der Waals surface area contributed by atoms with Gasteiger partial charge in [-0.3, -0.25) is 0 Å². The molecule has 116 valence electrons. The van der Waals surface area contributed by atoms with Gasteiger partial charge in [0.25, 0.3) is 0 Å². The molecule has 21 heavy (non-hydrogen) atoms. The fraction of sp³-hybridized carbons (Fsp3) is 0.467. The summed E-state index contributed by atoms with van der Waals surface area (Å²) in [5.74, 6) is -0.306. The minimum absolute atomic E-state index is 0.371. The monoisotopic (exact) mass is 310 g/mol. The Kier molecular flexibility index (Phi) is 7.08. The molecule has 0 heterocycles. The standard InChI is InChI=1S/C15H22N2O3S/c1-11-4-6-12(7-5-11)10-17(2)15(20)16-13(14(18)19)8-9-21-3/h4-7,13H,8-10H2,1-3H3,(H,16,20)(H,18,19). The molecule has 2 N–H and O–H groups in total. The van der Waals surface area contributed by atoms with Gasteiger partial charge in [-0.05, 0) is 30.9 Å². The van der Waals surface area contributed by atoms with Crippen LogP contribution in [0.3, 0.4) is 0 Å². The van der Waals surface area contributed by atoms with Crippen molar-refractivity contribution < 1.29 is 14.7 Å². The summed E-state index contributed by atoms with van der Waals surface area (Å²) in [6, 6.07) is 6.68. The molecule has 6 heteroatoms. The number of nitrogens with one attached hydrogen (secondary N) is 1. The molecule has 0 aliphatic heterocycles. The van der Waals surface area contributed by atoms with Gasteiger partial charge in [-0.15, -0.1) is 0 Å². The molecular weight excluding hydrogens is 288 g/mol. The maximum atomic E-state index is 12.0. The number of amides is 2. The van der Waals surface area contributed by atoms with Crippen molar-refractivity contribution in [2.75, 3.05) is 19.1 Å². The fourth-order valence-electron chi connectivity index (χ4n) is 1.79. The molecule has 0 aliphatic carbocycles. The first-order valence-electron chi connectivity index (χ1n) is 6.73. The Morgan fingerprint density at radius 3 is 2.48 bits per heavy atom. The number of benzene rings is 1. The largest absolute Gasteiger partial charge is 0.480 e. The lowest BCUT2D eigenvalue weighted by atomic mass is 10.1. The van der Waals surface area contributed by atoms with Crippen LogP contribution in [0.1, 0.15) is 17.5 Å². The van der Waals surface area contributed by atoms with E-state index in [4.69, 9.17) is 5.11 Å². The van der Waals surface area contributed by atoms with Crippen LogP contribution in [0.2, 0.25) is 0 Å². The SMILES string of the molecule is CSCCC(NC(=O)N(C)Cc1ccc(C)cc1)C(=O)O. The van der Waals surface area contributed by atoms with Crippen molar-refractivity contribution in [1.82, 2.24) is 10.2 Å². The molecule has 0 aliphatic rings. The zero-order chi connectivity index (χ0) is 15.8. The number of nitrogens with zero attached hydrogens (tertiary/aromatic N) is 1. The Morgan fingerprint density at radius 1 is 1.33 bits per heavy atom. The number of carboxylic acids is 1. The predicted molar refractivity (Wildman–Crippen MR) is 85.6 cm³/mol. The molecule has 0 aromatic heterocycles. The number of hydrogen-bond acceptors (Lipinski definition) is 3. The number of carbonyl (C=O) groups excluding carboxylic acids is 1. The van der Waals surface area contributed by atoms with Gasteiger partial charge in [0.2, 0.25) is 0 Å². The first-order chi connectivity index (χ1) is 9.93. The van der Waals surface area contributed by atoms with Crippen molar-refractivity contribution in [3.05, 3.63) is 35.4 Å². The van der Waals surface area contributed by atoms with Crippen molar-refractivity contribution in [2.24, 2.45) is 0 Å². The summed E-state index contributed by atoms with van der Waals surface area (Å²) >= 11 is 1.56. The highest BCUT2D eigenvalue weighted by molar-refractivity contribution is 7.98. The van der Waals surface area contributed by atoms with Crippen molar-refractivity contribution in [3.63, 3.8) is 0 Å². The minimum atomic E-state index is -0.999. The Bertz CT molecular complexity index is 476. The van der Waals surface area contributed by atoms with Gasteiger partial charge in [0, 0.05) is 13.6 Å². The molecule has 5 nitrogen and oxygen atoms in total. The number of aliphatic carboxylic acids is 1. The number of carboxylic acid groups (broad SMARTS) is 1. The second-order valence-electron chi connectivity index (χ2n) is 4.96. The Hall–Kier alpha value is -1.69. The third kappa shape index (κ3) is 6.08. The summed E-state index contributed by atoms with van der Waals surface area (Å²) in [4.78, 5) is 24.6. The average molecular weight is 310 g/mol. The number of urea groups is 1. The van der Waals surface area contributed by atoms with E-state index in [0.29, 0.717) is 18.7 Å². The Labute approximate surface area is 129 Å². The highest BCUT2D eigenvalue weighted by Gasteiger charge is 2.21. The van der Waals surface area contributed by atoms with Crippen molar-refractivity contribution in [3.8, 4) is 0 Å². The second-order valence-corrected chi connectivity index (χ2v) is 5.95. The van der Waals surface area contributed by atoms with E-state index in [1.807, 2.05) is 37.4 Å². The molecule has 0 bridgehead atoms. The van der Waals surface area contributed by atoms with Gasteiger partial charge in [0.15, 0.2) is 0 Å². The van der Waals surface area contributed by atoms with Crippen LogP contribution in [-0.2, 0) is 11.3 Å². The van der Waals surface area contributed by atoms with Crippen LogP contribution in [0.25, 0.3) is 0 Å². The molecule has 0 saturated carbocycles. The van der Waals surface area contributed by atoms with Gasteiger partial charge in [-0.2, -0.15) is 11.8 Å². The third-order valence-electron chi connectivity index (χ3n) is 3.09. The topological polar surface area (TPSA) is 69.6 Å². The van der Waals surface area contributed by atoms with Crippen molar-refractivity contribution in [1.29, 1.82) is 0 Å². The van der Waals surface area contributed by atoms with Crippen LogP contribution in [0.5, 0.6) is 0 Å². The van der Waals surface area contributed by atoms with E-state index in [0.717, 1.165) is 11.1 Å². The molecule has 1 atom stereocenters. The van der Waals surface area contributed by atoms with Gasteiger partial charge in [-0.25, -0.2) is 9.59 Å². The molecule has 1 unspecified atom stereocenters. The number of rotatable bonds is 7. The van der Waals surface area contributed by atoms with E-state index < -0.39 is 12.0 Å². The molecule has 1 aromatic rings. The second kappa shape index (κ2) is 8.56. The lowest BCUT2D eigenvalue weighted by molar-refractivity contribution is -0.139. The predicted octanol–water partition coefficient (Wildman–Crippen LogP) is 2.34. The van der Waals surface area contributed by atoms with E-state index in [2.05, 4.69) is 5.32 Å². The zero-order valence-electron chi connectivity index (χ0n) is 12.6. The lowest BCUT2D eigenvalue weighted by Crippen LogP contribution is -2.46. The van der Waals surface area contributed by atoms with Gasteiger partial charge in [-0.1, -0.05) is 29.8 Å². The van der Waals surface area contributed by atoms with E-state index in [1.165, 1.54) is 4.90 Å². The number of thioether (sulfide) groups is 1. The van der Waals surface area contributed by atoms with Crippen LogP contribution in [0, 0.1) is 6.92 Å². The highest BCUT2D eigenvalue weighted by Crippen LogP contribution is 2.07. The molecule has 1 aromatic carbocycles. The summed E-state index contributed by atoms with van der Waals surface area (Å²) in [6.07, 6.45) is 2.32. The van der Waals surface area contributed by atoms with Crippen LogP contribution >= 0.6 is 11.8 Å².